The highest BCUT2D eigenvalue weighted by atomic mass is 16.6. The number of benzene rings is 1. The molecule has 5 heteroatoms. The number of non-ortho nitro benzene ring substituents is 1. The van der Waals surface area contributed by atoms with Crippen molar-refractivity contribution in [2.75, 3.05) is 0 Å². The Balaban J connectivity index is 1.81. The summed E-state index contributed by atoms with van der Waals surface area (Å²) in [6, 6.07) is 5.65. The average molecular weight is 305 g/mol. The quantitative estimate of drug-likeness (QED) is 0.336. The van der Waals surface area contributed by atoms with E-state index >= 15 is 0 Å². The zero-order valence-electron chi connectivity index (χ0n) is 13.0. The standard InChI is InChI=1S/C17H23NO4/c1-2-3-4-13-5-7-14(8-6-13)17(19)22-16-11-9-15(10-12-16)18(20)21/h9-14H,2-8H2,1H3. The normalized spacial score (nSPS) is 21.3. The summed E-state index contributed by atoms with van der Waals surface area (Å²) in [6.45, 7) is 2.20. The Hall–Kier alpha value is -1.91. The Labute approximate surface area is 130 Å². The van der Waals surface area contributed by atoms with Gasteiger partial charge in [-0.25, -0.2) is 0 Å². The number of esters is 1. The molecule has 0 amide bonds. The van der Waals surface area contributed by atoms with Gasteiger partial charge in [-0.15, -0.1) is 0 Å². The highest BCUT2D eigenvalue weighted by Crippen LogP contribution is 2.33. The first kappa shape index (κ1) is 16.5. The largest absolute Gasteiger partial charge is 0.426 e. The molecule has 0 aliphatic heterocycles. The monoisotopic (exact) mass is 305 g/mol. The lowest BCUT2D eigenvalue weighted by Gasteiger charge is -2.27. The number of nitrogens with zero attached hydrogens (tertiary/aromatic N) is 1. The van der Waals surface area contributed by atoms with Crippen LogP contribution >= 0.6 is 0 Å². The molecule has 1 saturated carbocycles. The van der Waals surface area contributed by atoms with Gasteiger partial charge in [-0.3, -0.25) is 14.9 Å². The number of carbonyl (C=O) groups excluding carboxylic acids is 1. The molecule has 1 fully saturated rings. The number of nitro benzene ring substituents is 1. The number of ether oxygens (including phenoxy) is 1. The maximum Gasteiger partial charge on any atom is 0.314 e. The molecule has 1 aromatic carbocycles. The zero-order chi connectivity index (χ0) is 15.9. The fraction of sp³-hybridized carbons (Fsp3) is 0.588. The molecule has 22 heavy (non-hydrogen) atoms. The second-order valence-corrected chi connectivity index (χ2v) is 6.03. The van der Waals surface area contributed by atoms with E-state index in [2.05, 4.69) is 6.92 Å². The van der Waals surface area contributed by atoms with Crippen molar-refractivity contribution >= 4 is 11.7 Å². The first-order chi connectivity index (χ1) is 10.6. The van der Waals surface area contributed by atoms with E-state index in [4.69, 9.17) is 4.74 Å². The third kappa shape index (κ3) is 4.55. The van der Waals surface area contributed by atoms with E-state index in [-0.39, 0.29) is 17.6 Å². The Bertz CT molecular complexity index is 504. The smallest absolute Gasteiger partial charge is 0.314 e. The molecule has 0 aromatic heterocycles. The number of hydrogen-bond donors (Lipinski definition) is 0. The van der Waals surface area contributed by atoms with Crippen molar-refractivity contribution < 1.29 is 14.5 Å². The first-order valence-corrected chi connectivity index (χ1v) is 8.06. The summed E-state index contributed by atoms with van der Waals surface area (Å²) in [7, 11) is 0. The molecule has 2 rings (SSSR count). The van der Waals surface area contributed by atoms with Gasteiger partial charge in [-0.2, -0.15) is 0 Å². The van der Waals surface area contributed by atoms with Crippen LogP contribution in [0.1, 0.15) is 51.9 Å². The maximum atomic E-state index is 12.2. The van der Waals surface area contributed by atoms with Crippen LogP contribution < -0.4 is 4.74 Å². The molecule has 0 N–H and O–H groups in total. The van der Waals surface area contributed by atoms with E-state index in [0.717, 1.165) is 31.6 Å². The minimum atomic E-state index is -0.469. The fourth-order valence-electron chi connectivity index (χ4n) is 3.02. The van der Waals surface area contributed by atoms with E-state index in [1.165, 1.54) is 43.5 Å². The summed E-state index contributed by atoms with van der Waals surface area (Å²) in [6.07, 6.45) is 7.73. The second kappa shape index (κ2) is 7.92. The van der Waals surface area contributed by atoms with E-state index in [1.807, 2.05) is 0 Å². The fourth-order valence-corrected chi connectivity index (χ4v) is 3.02. The molecule has 1 aliphatic carbocycles. The van der Waals surface area contributed by atoms with Gasteiger partial charge in [0.15, 0.2) is 0 Å². The molecule has 1 aliphatic rings. The zero-order valence-corrected chi connectivity index (χ0v) is 13.0. The lowest BCUT2D eigenvalue weighted by Crippen LogP contribution is -2.25. The van der Waals surface area contributed by atoms with E-state index in [9.17, 15) is 14.9 Å². The molecule has 120 valence electrons. The van der Waals surface area contributed by atoms with Crippen molar-refractivity contribution in [3.63, 3.8) is 0 Å². The van der Waals surface area contributed by atoms with Crippen molar-refractivity contribution in [1.29, 1.82) is 0 Å². The highest BCUT2D eigenvalue weighted by molar-refractivity contribution is 5.75. The van der Waals surface area contributed by atoms with Gasteiger partial charge in [0, 0.05) is 12.1 Å². The average Bonchev–Trinajstić information content (AvgIpc) is 2.54. The Morgan fingerprint density at radius 3 is 2.41 bits per heavy atom. The topological polar surface area (TPSA) is 69.4 Å². The van der Waals surface area contributed by atoms with Crippen molar-refractivity contribution in [1.82, 2.24) is 0 Å². The van der Waals surface area contributed by atoms with E-state index < -0.39 is 4.92 Å². The molecule has 0 atom stereocenters. The summed E-state index contributed by atoms with van der Waals surface area (Å²) in [5, 5.41) is 10.6. The van der Waals surface area contributed by atoms with Crippen LogP contribution in [-0.2, 0) is 4.79 Å². The van der Waals surface area contributed by atoms with Crippen LogP contribution in [0.2, 0.25) is 0 Å². The van der Waals surface area contributed by atoms with Crippen molar-refractivity contribution in [3.8, 4) is 5.75 Å². The lowest BCUT2D eigenvalue weighted by molar-refractivity contribution is -0.384. The van der Waals surface area contributed by atoms with Gasteiger partial charge < -0.3 is 4.74 Å². The predicted molar refractivity (Wildman–Crippen MR) is 83.7 cm³/mol. The van der Waals surface area contributed by atoms with Gasteiger partial charge in [0.25, 0.3) is 5.69 Å². The van der Waals surface area contributed by atoms with Crippen molar-refractivity contribution in [2.24, 2.45) is 11.8 Å². The van der Waals surface area contributed by atoms with Gasteiger partial charge >= 0.3 is 5.97 Å². The highest BCUT2D eigenvalue weighted by Gasteiger charge is 2.27. The van der Waals surface area contributed by atoms with Gasteiger partial charge in [0.1, 0.15) is 5.75 Å². The van der Waals surface area contributed by atoms with Crippen LogP contribution in [0.25, 0.3) is 0 Å². The van der Waals surface area contributed by atoms with Crippen LogP contribution in [0.4, 0.5) is 5.69 Å². The number of nitro groups is 1. The summed E-state index contributed by atoms with van der Waals surface area (Å²) < 4.78 is 5.34. The number of unbranched alkanes of at least 4 members (excludes halogenated alkanes) is 1. The van der Waals surface area contributed by atoms with Gasteiger partial charge in [-0.1, -0.05) is 26.2 Å². The number of hydrogen-bond acceptors (Lipinski definition) is 4. The SMILES string of the molecule is CCCCC1CCC(C(=O)Oc2ccc([N+](=O)[O-])cc2)CC1. The van der Waals surface area contributed by atoms with Crippen LogP contribution in [0.15, 0.2) is 24.3 Å². The molecule has 5 nitrogen and oxygen atoms in total. The molecule has 0 unspecified atom stereocenters. The molecule has 0 bridgehead atoms. The van der Waals surface area contributed by atoms with Crippen molar-refractivity contribution in [3.05, 3.63) is 34.4 Å². The predicted octanol–water partition coefficient (Wildman–Crippen LogP) is 4.50. The number of carbonyl (C=O) groups is 1. The van der Waals surface area contributed by atoms with E-state index in [1.54, 1.807) is 0 Å². The van der Waals surface area contributed by atoms with Crippen LogP contribution in [0.3, 0.4) is 0 Å². The molecule has 0 heterocycles. The van der Waals surface area contributed by atoms with Crippen LogP contribution in [0, 0.1) is 22.0 Å². The third-order valence-electron chi connectivity index (χ3n) is 4.41. The van der Waals surface area contributed by atoms with Gasteiger partial charge in [-0.05, 0) is 43.7 Å². The lowest BCUT2D eigenvalue weighted by atomic mass is 9.80. The molecule has 1 aromatic rings. The summed E-state index contributed by atoms with van der Waals surface area (Å²) in [4.78, 5) is 22.3. The summed E-state index contributed by atoms with van der Waals surface area (Å²) >= 11 is 0. The van der Waals surface area contributed by atoms with Gasteiger partial charge in [0.2, 0.25) is 0 Å². The minimum Gasteiger partial charge on any atom is -0.426 e. The summed E-state index contributed by atoms with van der Waals surface area (Å²) in [5.41, 5.74) is -0.00349. The Morgan fingerprint density at radius 2 is 1.86 bits per heavy atom. The molecular formula is C17H23NO4. The van der Waals surface area contributed by atoms with Gasteiger partial charge in [0.05, 0.1) is 10.8 Å². The van der Waals surface area contributed by atoms with Crippen LogP contribution in [-0.4, -0.2) is 10.9 Å². The third-order valence-corrected chi connectivity index (χ3v) is 4.41. The molecule has 0 radical (unpaired) electrons. The Morgan fingerprint density at radius 1 is 1.23 bits per heavy atom. The maximum absolute atomic E-state index is 12.2. The molecule has 0 spiro atoms. The summed E-state index contributed by atoms with van der Waals surface area (Å²) in [5.74, 6) is 0.892. The number of rotatable bonds is 6. The first-order valence-electron chi connectivity index (χ1n) is 8.06. The minimum absolute atomic E-state index is 0.00349. The second-order valence-electron chi connectivity index (χ2n) is 6.03. The Kier molecular flexibility index (Phi) is 5.92. The van der Waals surface area contributed by atoms with Crippen LogP contribution in [0.5, 0.6) is 5.75 Å². The molecule has 0 saturated heterocycles. The molecular weight excluding hydrogens is 282 g/mol. The van der Waals surface area contributed by atoms with Crippen molar-refractivity contribution in [2.45, 2.75) is 51.9 Å². The van der Waals surface area contributed by atoms with E-state index in [0.29, 0.717) is 5.75 Å².